The summed E-state index contributed by atoms with van der Waals surface area (Å²) in [5, 5.41) is 1.82. The molecule has 22 heavy (non-hydrogen) atoms. The maximum Gasteiger partial charge on any atom is 0.153 e. The number of benzene rings is 2. The first-order valence-electron chi connectivity index (χ1n) is 7.31. The van der Waals surface area contributed by atoms with E-state index in [1.807, 2.05) is 35.4 Å². The van der Waals surface area contributed by atoms with Crippen LogP contribution in [0.1, 0.15) is 30.5 Å². The van der Waals surface area contributed by atoms with Crippen LogP contribution in [-0.2, 0) is 16.2 Å². The molecule has 2 aromatic rings. The highest BCUT2D eigenvalue weighted by Crippen LogP contribution is 2.40. The number of hydroxylamine groups is 2. The van der Waals surface area contributed by atoms with Crippen LogP contribution < -0.4 is 0 Å². The molecular formula is C18H18FNO2. The standard InChI is InChI=1S/C18H18FNO2/c1-18(13-21)11-17(15-7-9-16(19)10-8-15)20(22-18)12-14-5-3-2-4-6-14/h2-10,13,17H,11-12H2,1H3/t17-,18-/m0/s1. The Morgan fingerprint density at radius 3 is 2.55 bits per heavy atom. The second kappa shape index (κ2) is 5.99. The van der Waals surface area contributed by atoms with Gasteiger partial charge in [0, 0.05) is 13.0 Å². The van der Waals surface area contributed by atoms with Crippen molar-refractivity contribution in [3.63, 3.8) is 0 Å². The van der Waals surface area contributed by atoms with E-state index in [1.54, 1.807) is 19.1 Å². The summed E-state index contributed by atoms with van der Waals surface area (Å²) in [6, 6.07) is 16.2. The number of aldehydes is 1. The second-order valence-electron chi connectivity index (χ2n) is 5.85. The predicted octanol–water partition coefficient (Wildman–Crippen LogP) is 3.66. The van der Waals surface area contributed by atoms with Crippen molar-refractivity contribution in [3.05, 3.63) is 71.5 Å². The van der Waals surface area contributed by atoms with Crippen LogP contribution in [0.3, 0.4) is 0 Å². The summed E-state index contributed by atoms with van der Waals surface area (Å²) < 4.78 is 13.1. The zero-order chi connectivity index (χ0) is 15.6. The van der Waals surface area contributed by atoms with Gasteiger partial charge in [-0.15, -0.1) is 0 Å². The molecule has 2 aromatic carbocycles. The monoisotopic (exact) mass is 299 g/mol. The zero-order valence-electron chi connectivity index (χ0n) is 12.4. The average molecular weight is 299 g/mol. The molecule has 0 amide bonds. The number of carbonyl (C=O) groups is 1. The number of hydrogen-bond acceptors (Lipinski definition) is 3. The van der Waals surface area contributed by atoms with Gasteiger partial charge in [0.2, 0.25) is 0 Å². The van der Waals surface area contributed by atoms with Gasteiger partial charge in [0.1, 0.15) is 11.4 Å². The average Bonchev–Trinajstić information content (AvgIpc) is 2.87. The Labute approximate surface area is 129 Å². The van der Waals surface area contributed by atoms with Crippen LogP contribution in [0.4, 0.5) is 4.39 Å². The van der Waals surface area contributed by atoms with Gasteiger partial charge in [-0.25, -0.2) is 4.39 Å². The smallest absolute Gasteiger partial charge is 0.153 e. The molecular weight excluding hydrogens is 281 g/mol. The van der Waals surface area contributed by atoms with Crippen molar-refractivity contribution < 1.29 is 14.0 Å². The van der Waals surface area contributed by atoms with E-state index in [9.17, 15) is 9.18 Å². The highest BCUT2D eigenvalue weighted by Gasteiger charge is 2.42. The predicted molar refractivity (Wildman–Crippen MR) is 81.3 cm³/mol. The number of rotatable bonds is 4. The highest BCUT2D eigenvalue weighted by molar-refractivity contribution is 5.62. The van der Waals surface area contributed by atoms with Gasteiger partial charge in [-0.1, -0.05) is 42.5 Å². The van der Waals surface area contributed by atoms with Crippen LogP contribution in [-0.4, -0.2) is 17.0 Å². The SMILES string of the molecule is C[C@@]1(C=O)C[C@@H](c2ccc(F)cc2)N(Cc2ccccc2)O1. The van der Waals surface area contributed by atoms with E-state index in [-0.39, 0.29) is 11.9 Å². The molecule has 2 atom stereocenters. The Bertz CT molecular complexity index is 644. The number of halogens is 1. The molecule has 1 fully saturated rings. The topological polar surface area (TPSA) is 29.5 Å². The van der Waals surface area contributed by atoms with Crippen molar-refractivity contribution in [1.82, 2.24) is 5.06 Å². The van der Waals surface area contributed by atoms with Crippen LogP contribution in [0, 0.1) is 5.82 Å². The van der Waals surface area contributed by atoms with Gasteiger partial charge in [-0.3, -0.25) is 4.84 Å². The minimum Gasteiger partial charge on any atom is -0.300 e. The molecule has 0 aromatic heterocycles. The molecule has 3 nitrogen and oxygen atoms in total. The van der Waals surface area contributed by atoms with Crippen molar-refractivity contribution in [2.75, 3.05) is 0 Å². The van der Waals surface area contributed by atoms with E-state index in [0.717, 1.165) is 17.4 Å². The molecule has 3 rings (SSSR count). The number of carbonyl (C=O) groups excluding carboxylic acids is 1. The minimum absolute atomic E-state index is 0.0731. The normalized spacial score (nSPS) is 25.3. The summed E-state index contributed by atoms with van der Waals surface area (Å²) in [6.45, 7) is 2.35. The third-order valence-corrected chi connectivity index (χ3v) is 3.96. The molecule has 4 heteroatoms. The van der Waals surface area contributed by atoms with Crippen LogP contribution >= 0.6 is 0 Å². The molecule has 1 heterocycles. The maximum absolute atomic E-state index is 13.1. The Morgan fingerprint density at radius 2 is 1.91 bits per heavy atom. The second-order valence-corrected chi connectivity index (χ2v) is 5.85. The molecule has 1 aliphatic heterocycles. The van der Waals surface area contributed by atoms with Gasteiger partial charge < -0.3 is 4.79 Å². The quantitative estimate of drug-likeness (QED) is 0.807. The molecule has 0 unspecified atom stereocenters. The third-order valence-electron chi connectivity index (χ3n) is 3.96. The Balaban J connectivity index is 1.87. The van der Waals surface area contributed by atoms with Crippen molar-refractivity contribution in [2.24, 2.45) is 0 Å². The van der Waals surface area contributed by atoms with Gasteiger partial charge in [0.15, 0.2) is 6.29 Å². The van der Waals surface area contributed by atoms with Crippen molar-refractivity contribution in [2.45, 2.75) is 31.5 Å². The van der Waals surface area contributed by atoms with Gasteiger partial charge in [-0.2, -0.15) is 5.06 Å². The van der Waals surface area contributed by atoms with E-state index in [2.05, 4.69) is 0 Å². The van der Waals surface area contributed by atoms with Crippen molar-refractivity contribution in [3.8, 4) is 0 Å². The fraction of sp³-hybridized carbons (Fsp3) is 0.278. The molecule has 0 bridgehead atoms. The van der Waals surface area contributed by atoms with Gasteiger partial charge in [-0.05, 0) is 30.2 Å². The van der Waals surface area contributed by atoms with E-state index < -0.39 is 5.60 Å². The van der Waals surface area contributed by atoms with Crippen molar-refractivity contribution in [1.29, 1.82) is 0 Å². The summed E-state index contributed by atoms with van der Waals surface area (Å²) in [6.07, 6.45) is 1.39. The van der Waals surface area contributed by atoms with Gasteiger partial charge in [0.05, 0.1) is 6.04 Å². The zero-order valence-corrected chi connectivity index (χ0v) is 12.4. The van der Waals surface area contributed by atoms with Crippen LogP contribution in [0.5, 0.6) is 0 Å². The lowest BCUT2D eigenvalue weighted by molar-refractivity contribution is -0.200. The summed E-state index contributed by atoms with van der Waals surface area (Å²) in [5.74, 6) is -0.268. The fourth-order valence-electron chi connectivity index (χ4n) is 2.80. The molecule has 1 saturated heterocycles. The fourth-order valence-corrected chi connectivity index (χ4v) is 2.80. The minimum atomic E-state index is -0.839. The first-order valence-corrected chi connectivity index (χ1v) is 7.31. The third kappa shape index (κ3) is 3.08. The molecule has 1 aliphatic rings. The first kappa shape index (κ1) is 14.9. The Morgan fingerprint density at radius 1 is 1.23 bits per heavy atom. The molecule has 0 spiro atoms. The lowest BCUT2D eigenvalue weighted by Gasteiger charge is -2.23. The van der Waals surface area contributed by atoms with Crippen LogP contribution in [0.2, 0.25) is 0 Å². The summed E-state index contributed by atoms with van der Waals surface area (Å²) in [5.41, 5.74) is 1.21. The first-order chi connectivity index (χ1) is 10.6. The lowest BCUT2D eigenvalue weighted by Crippen LogP contribution is -2.28. The maximum atomic E-state index is 13.1. The Hall–Kier alpha value is -2.04. The molecule has 0 aliphatic carbocycles. The van der Waals surface area contributed by atoms with E-state index in [4.69, 9.17) is 4.84 Å². The molecule has 0 N–H and O–H groups in total. The molecule has 114 valence electrons. The van der Waals surface area contributed by atoms with Gasteiger partial charge in [0.25, 0.3) is 0 Å². The largest absolute Gasteiger partial charge is 0.300 e. The number of hydrogen-bond donors (Lipinski definition) is 0. The van der Waals surface area contributed by atoms with E-state index in [1.165, 1.54) is 12.1 Å². The summed E-state index contributed by atoms with van der Waals surface area (Å²) >= 11 is 0. The van der Waals surface area contributed by atoms with Crippen molar-refractivity contribution >= 4 is 6.29 Å². The molecule has 0 radical (unpaired) electrons. The van der Waals surface area contributed by atoms with E-state index in [0.29, 0.717) is 13.0 Å². The van der Waals surface area contributed by atoms with Crippen LogP contribution in [0.25, 0.3) is 0 Å². The van der Waals surface area contributed by atoms with Crippen LogP contribution in [0.15, 0.2) is 54.6 Å². The lowest BCUT2D eigenvalue weighted by atomic mass is 9.95. The summed E-state index contributed by atoms with van der Waals surface area (Å²) in [7, 11) is 0. The van der Waals surface area contributed by atoms with Gasteiger partial charge >= 0.3 is 0 Å². The highest BCUT2D eigenvalue weighted by atomic mass is 19.1. The summed E-state index contributed by atoms with van der Waals surface area (Å²) in [4.78, 5) is 17.2. The van der Waals surface area contributed by atoms with E-state index >= 15 is 0 Å². The Kier molecular flexibility index (Phi) is 4.05. The number of nitrogens with zero attached hydrogens (tertiary/aromatic N) is 1. The molecule has 0 saturated carbocycles.